The Morgan fingerprint density at radius 2 is 2.12 bits per heavy atom. The highest BCUT2D eigenvalue weighted by molar-refractivity contribution is 5.27. The summed E-state index contributed by atoms with van der Waals surface area (Å²) in [5, 5.41) is 3.88. The molecule has 0 aliphatic carbocycles. The molecular weight excluding hydrogens is 306 g/mol. The minimum Gasteiger partial charge on any atom is -0.497 e. The summed E-state index contributed by atoms with van der Waals surface area (Å²) in [7, 11) is 1.69. The lowest BCUT2D eigenvalue weighted by Crippen LogP contribution is -2.41. The van der Waals surface area contributed by atoms with E-state index in [1.165, 1.54) is 5.56 Å². The predicted octanol–water partition coefficient (Wildman–Crippen LogP) is 2.74. The lowest BCUT2D eigenvalue weighted by molar-refractivity contribution is -0.0189. The normalized spacial score (nSPS) is 27.2. The molecule has 1 aromatic heterocycles. The Labute approximate surface area is 141 Å². The van der Waals surface area contributed by atoms with Crippen LogP contribution >= 0.6 is 0 Å². The second-order valence-electron chi connectivity index (χ2n) is 6.71. The molecule has 2 fully saturated rings. The topological polar surface area (TPSA) is 60.6 Å². The van der Waals surface area contributed by atoms with E-state index in [0.717, 1.165) is 38.2 Å². The van der Waals surface area contributed by atoms with Gasteiger partial charge in [0.1, 0.15) is 11.9 Å². The smallest absolute Gasteiger partial charge is 0.255 e. The molecular formula is C18H23N3O3. The van der Waals surface area contributed by atoms with E-state index in [1.54, 1.807) is 7.11 Å². The van der Waals surface area contributed by atoms with Crippen LogP contribution in [-0.4, -0.2) is 41.3 Å². The van der Waals surface area contributed by atoms with E-state index in [-0.39, 0.29) is 12.2 Å². The monoisotopic (exact) mass is 329 g/mol. The van der Waals surface area contributed by atoms with Gasteiger partial charge in [0.15, 0.2) is 5.82 Å². The number of ether oxygens (including phenoxy) is 2. The standard InChI is InChI=1S/C18H23N3O3/c1-12-19-18(24-20-12)16-9-14-7-8-21(11-17(14)23-16)10-13-3-5-15(22-2)6-4-13/h3-6,14,16-17H,7-11H2,1-2H3/t14-,16+,17+/m1/s1. The number of hydrogen-bond acceptors (Lipinski definition) is 6. The van der Waals surface area contributed by atoms with Gasteiger partial charge in [0.25, 0.3) is 5.89 Å². The number of piperidine rings is 1. The first-order valence-electron chi connectivity index (χ1n) is 8.52. The molecule has 6 heteroatoms. The number of benzene rings is 1. The molecule has 24 heavy (non-hydrogen) atoms. The molecule has 0 radical (unpaired) electrons. The first-order chi connectivity index (χ1) is 11.7. The number of methoxy groups -OCH3 is 1. The molecule has 6 nitrogen and oxygen atoms in total. The van der Waals surface area contributed by atoms with E-state index in [9.17, 15) is 0 Å². The van der Waals surface area contributed by atoms with Crippen molar-refractivity contribution in [3.05, 3.63) is 41.5 Å². The molecule has 2 aliphatic rings. The molecule has 1 aromatic carbocycles. The first-order valence-corrected chi connectivity index (χ1v) is 8.52. The number of nitrogens with zero attached hydrogens (tertiary/aromatic N) is 3. The van der Waals surface area contributed by atoms with Crippen molar-refractivity contribution in [3.63, 3.8) is 0 Å². The quantitative estimate of drug-likeness (QED) is 0.859. The van der Waals surface area contributed by atoms with E-state index in [1.807, 2.05) is 19.1 Å². The Balaban J connectivity index is 1.36. The van der Waals surface area contributed by atoms with Crippen molar-refractivity contribution in [2.75, 3.05) is 20.2 Å². The van der Waals surface area contributed by atoms with Crippen LogP contribution in [-0.2, 0) is 11.3 Å². The fourth-order valence-corrected chi connectivity index (χ4v) is 3.73. The number of rotatable bonds is 4. The summed E-state index contributed by atoms with van der Waals surface area (Å²) < 4.78 is 16.7. The number of aryl methyl sites for hydroxylation is 1. The molecule has 2 saturated heterocycles. The van der Waals surface area contributed by atoms with Crippen LogP contribution in [0.25, 0.3) is 0 Å². The van der Waals surface area contributed by atoms with Crippen molar-refractivity contribution in [2.45, 2.75) is 38.5 Å². The van der Waals surface area contributed by atoms with Gasteiger partial charge in [-0.3, -0.25) is 4.90 Å². The molecule has 3 heterocycles. The van der Waals surface area contributed by atoms with Gasteiger partial charge in [-0.1, -0.05) is 17.3 Å². The molecule has 2 aliphatic heterocycles. The lowest BCUT2D eigenvalue weighted by Gasteiger charge is -2.34. The molecule has 3 atom stereocenters. The van der Waals surface area contributed by atoms with Crippen molar-refractivity contribution in [1.29, 1.82) is 0 Å². The molecule has 4 rings (SSSR count). The fraction of sp³-hybridized carbons (Fsp3) is 0.556. The van der Waals surface area contributed by atoms with Gasteiger partial charge in [0.05, 0.1) is 13.2 Å². The van der Waals surface area contributed by atoms with Crippen molar-refractivity contribution >= 4 is 0 Å². The molecule has 0 amide bonds. The zero-order valence-electron chi connectivity index (χ0n) is 14.1. The number of fused-ring (bicyclic) bond motifs is 1. The van der Waals surface area contributed by atoms with E-state index < -0.39 is 0 Å². The van der Waals surface area contributed by atoms with Gasteiger partial charge in [-0.15, -0.1) is 0 Å². The average Bonchev–Trinajstić information content (AvgIpc) is 3.21. The third-order valence-corrected chi connectivity index (χ3v) is 5.02. The first kappa shape index (κ1) is 15.6. The zero-order valence-corrected chi connectivity index (χ0v) is 14.1. The van der Waals surface area contributed by atoms with Crippen LogP contribution in [0, 0.1) is 12.8 Å². The van der Waals surface area contributed by atoms with Crippen LogP contribution in [0.4, 0.5) is 0 Å². The lowest BCUT2D eigenvalue weighted by atomic mass is 9.91. The maximum Gasteiger partial charge on any atom is 0.255 e. The van der Waals surface area contributed by atoms with Crippen LogP contribution in [0.15, 0.2) is 28.8 Å². The van der Waals surface area contributed by atoms with E-state index in [4.69, 9.17) is 14.0 Å². The van der Waals surface area contributed by atoms with Crippen molar-refractivity contribution in [2.24, 2.45) is 5.92 Å². The Morgan fingerprint density at radius 3 is 2.83 bits per heavy atom. The van der Waals surface area contributed by atoms with Gasteiger partial charge in [0.2, 0.25) is 0 Å². The van der Waals surface area contributed by atoms with Crippen LogP contribution in [0.5, 0.6) is 5.75 Å². The summed E-state index contributed by atoms with van der Waals surface area (Å²) in [6.45, 7) is 4.85. The van der Waals surface area contributed by atoms with E-state index in [2.05, 4.69) is 27.2 Å². The van der Waals surface area contributed by atoms with Gasteiger partial charge in [0, 0.05) is 13.1 Å². The van der Waals surface area contributed by atoms with Crippen LogP contribution in [0.3, 0.4) is 0 Å². The minimum absolute atomic E-state index is 0.0397. The Kier molecular flexibility index (Phi) is 4.24. The average molecular weight is 329 g/mol. The van der Waals surface area contributed by atoms with Crippen molar-refractivity contribution in [1.82, 2.24) is 15.0 Å². The summed E-state index contributed by atoms with van der Waals surface area (Å²) in [4.78, 5) is 6.79. The largest absolute Gasteiger partial charge is 0.497 e. The summed E-state index contributed by atoms with van der Waals surface area (Å²) in [5.74, 6) is 2.79. The minimum atomic E-state index is -0.0397. The SMILES string of the molecule is COc1ccc(CN2CC[C@@H]3C[C@@H](c4nc(C)no4)O[C@H]3C2)cc1. The highest BCUT2D eigenvalue weighted by Crippen LogP contribution is 2.40. The number of likely N-dealkylation sites (tertiary alicyclic amines) is 1. The van der Waals surface area contributed by atoms with Crippen molar-refractivity contribution in [3.8, 4) is 5.75 Å². The maximum atomic E-state index is 6.21. The highest BCUT2D eigenvalue weighted by atomic mass is 16.5. The van der Waals surface area contributed by atoms with E-state index >= 15 is 0 Å². The van der Waals surface area contributed by atoms with E-state index in [0.29, 0.717) is 17.6 Å². The Morgan fingerprint density at radius 1 is 1.29 bits per heavy atom. The molecule has 0 unspecified atom stereocenters. The van der Waals surface area contributed by atoms with Crippen molar-refractivity contribution < 1.29 is 14.0 Å². The van der Waals surface area contributed by atoms with Gasteiger partial charge >= 0.3 is 0 Å². The molecule has 0 bridgehead atoms. The van der Waals surface area contributed by atoms with Gasteiger partial charge in [-0.2, -0.15) is 4.98 Å². The summed E-state index contributed by atoms with van der Waals surface area (Å²) in [6, 6.07) is 8.29. The molecule has 128 valence electrons. The fourth-order valence-electron chi connectivity index (χ4n) is 3.73. The summed E-state index contributed by atoms with van der Waals surface area (Å²) >= 11 is 0. The number of hydrogen-bond donors (Lipinski definition) is 0. The maximum absolute atomic E-state index is 6.21. The molecule has 2 aromatic rings. The predicted molar refractivity (Wildman–Crippen MR) is 87.6 cm³/mol. The van der Waals surface area contributed by atoms with Gasteiger partial charge in [-0.05, 0) is 49.9 Å². The van der Waals surface area contributed by atoms with Gasteiger partial charge in [-0.25, -0.2) is 0 Å². The third kappa shape index (κ3) is 3.16. The Hall–Kier alpha value is -1.92. The third-order valence-electron chi connectivity index (χ3n) is 5.02. The van der Waals surface area contributed by atoms with Crippen LogP contribution in [0.1, 0.15) is 36.2 Å². The zero-order chi connectivity index (χ0) is 16.5. The second-order valence-corrected chi connectivity index (χ2v) is 6.71. The molecule has 0 saturated carbocycles. The highest BCUT2D eigenvalue weighted by Gasteiger charge is 2.41. The molecule has 0 spiro atoms. The van der Waals surface area contributed by atoms with Crippen LogP contribution in [0.2, 0.25) is 0 Å². The molecule has 0 N–H and O–H groups in total. The second kappa shape index (κ2) is 6.53. The van der Waals surface area contributed by atoms with Gasteiger partial charge < -0.3 is 14.0 Å². The summed E-state index contributed by atoms with van der Waals surface area (Å²) in [5.41, 5.74) is 1.30. The Bertz CT molecular complexity index is 685. The number of aromatic nitrogens is 2. The van der Waals surface area contributed by atoms with Crippen LogP contribution < -0.4 is 4.74 Å². The summed E-state index contributed by atoms with van der Waals surface area (Å²) in [6.07, 6.45) is 2.36.